The topological polar surface area (TPSA) is 92.2 Å². The van der Waals surface area contributed by atoms with E-state index in [0.717, 1.165) is 9.35 Å². The van der Waals surface area contributed by atoms with Crippen LogP contribution in [0.1, 0.15) is 20.9 Å². The Morgan fingerprint density at radius 2 is 2.10 bits per heavy atom. The first-order chi connectivity index (χ1) is 9.95. The van der Waals surface area contributed by atoms with Gasteiger partial charge in [-0.15, -0.1) is 10.2 Å². The van der Waals surface area contributed by atoms with Gasteiger partial charge in [-0.25, -0.2) is 4.79 Å². The van der Waals surface area contributed by atoms with Crippen LogP contribution in [0.4, 0.5) is 5.69 Å². The number of carboxylic acids is 1. The van der Waals surface area contributed by atoms with Crippen molar-refractivity contribution in [3.05, 3.63) is 34.3 Å². The molecule has 0 saturated carbocycles. The van der Waals surface area contributed by atoms with Crippen LogP contribution in [-0.4, -0.2) is 32.9 Å². The molecule has 21 heavy (non-hydrogen) atoms. The number of anilines is 1. The standard InChI is InChI=1S/C13H13N3O3S2/c1-7-5-9(12(18)19)3-4-10(7)14-11(17)6-20-13-16-15-8(2)21-13/h3-5H,6H2,1-2H3,(H,14,17)(H,18,19). The average molecular weight is 323 g/mol. The Morgan fingerprint density at radius 3 is 2.67 bits per heavy atom. The molecule has 0 aliphatic heterocycles. The lowest BCUT2D eigenvalue weighted by atomic mass is 10.1. The van der Waals surface area contributed by atoms with E-state index in [2.05, 4.69) is 15.5 Å². The van der Waals surface area contributed by atoms with Crippen LogP contribution in [0, 0.1) is 13.8 Å². The maximum atomic E-state index is 11.9. The van der Waals surface area contributed by atoms with E-state index in [1.807, 2.05) is 6.92 Å². The number of amides is 1. The van der Waals surface area contributed by atoms with Crippen molar-refractivity contribution in [2.75, 3.05) is 11.1 Å². The molecule has 2 aromatic rings. The molecule has 8 heteroatoms. The number of nitrogens with zero attached hydrogens (tertiary/aromatic N) is 2. The fourth-order valence-corrected chi connectivity index (χ4v) is 3.20. The fraction of sp³-hybridized carbons (Fsp3) is 0.231. The molecule has 1 aromatic carbocycles. The minimum absolute atomic E-state index is 0.168. The van der Waals surface area contributed by atoms with Crippen LogP contribution in [0.3, 0.4) is 0 Å². The maximum Gasteiger partial charge on any atom is 0.335 e. The van der Waals surface area contributed by atoms with Crippen LogP contribution in [0.25, 0.3) is 0 Å². The Hall–Kier alpha value is -1.93. The summed E-state index contributed by atoms with van der Waals surface area (Å²) in [5, 5.41) is 20.3. The number of thioether (sulfide) groups is 1. The third kappa shape index (κ3) is 4.27. The minimum Gasteiger partial charge on any atom is -0.478 e. The predicted molar refractivity (Wildman–Crippen MR) is 82.1 cm³/mol. The molecule has 1 amide bonds. The van der Waals surface area contributed by atoms with Gasteiger partial charge in [0.05, 0.1) is 11.3 Å². The molecule has 0 atom stereocenters. The van der Waals surface area contributed by atoms with E-state index in [-0.39, 0.29) is 17.2 Å². The van der Waals surface area contributed by atoms with E-state index in [4.69, 9.17) is 5.11 Å². The molecule has 0 radical (unpaired) electrons. The normalized spacial score (nSPS) is 10.4. The van der Waals surface area contributed by atoms with E-state index in [0.29, 0.717) is 11.3 Å². The third-order valence-corrected chi connectivity index (χ3v) is 4.55. The van der Waals surface area contributed by atoms with Gasteiger partial charge in [-0.05, 0) is 37.6 Å². The quantitative estimate of drug-likeness (QED) is 0.822. The summed E-state index contributed by atoms with van der Waals surface area (Å²) in [6.45, 7) is 3.61. The van der Waals surface area contributed by atoms with Gasteiger partial charge in [-0.3, -0.25) is 4.79 Å². The number of benzene rings is 1. The number of aromatic nitrogens is 2. The molecule has 0 fully saturated rings. The van der Waals surface area contributed by atoms with Crippen LogP contribution in [-0.2, 0) is 4.79 Å². The highest BCUT2D eigenvalue weighted by atomic mass is 32.2. The second-order valence-corrected chi connectivity index (χ2v) is 6.66. The molecule has 1 aromatic heterocycles. The molecular formula is C13H13N3O3S2. The number of nitrogens with one attached hydrogen (secondary N) is 1. The van der Waals surface area contributed by atoms with Crippen molar-refractivity contribution >= 4 is 40.7 Å². The van der Waals surface area contributed by atoms with Crippen molar-refractivity contribution in [2.24, 2.45) is 0 Å². The number of hydrogen-bond donors (Lipinski definition) is 2. The van der Waals surface area contributed by atoms with Crippen molar-refractivity contribution in [3.63, 3.8) is 0 Å². The van der Waals surface area contributed by atoms with E-state index >= 15 is 0 Å². The van der Waals surface area contributed by atoms with Crippen LogP contribution in [0.2, 0.25) is 0 Å². The second-order valence-electron chi connectivity index (χ2n) is 4.26. The van der Waals surface area contributed by atoms with Gasteiger partial charge in [0.25, 0.3) is 0 Å². The zero-order valence-electron chi connectivity index (χ0n) is 11.4. The highest BCUT2D eigenvalue weighted by Gasteiger charge is 2.10. The molecule has 2 rings (SSSR count). The summed E-state index contributed by atoms with van der Waals surface area (Å²) < 4.78 is 0.751. The molecule has 110 valence electrons. The van der Waals surface area contributed by atoms with Gasteiger partial charge in [0.2, 0.25) is 5.91 Å². The summed E-state index contributed by atoms with van der Waals surface area (Å²) in [5.74, 6) is -0.924. The van der Waals surface area contributed by atoms with Gasteiger partial charge in [0.1, 0.15) is 5.01 Å². The molecular weight excluding hydrogens is 310 g/mol. The Labute approximate surface area is 129 Å². The number of carbonyl (C=O) groups excluding carboxylic acids is 1. The first-order valence-corrected chi connectivity index (χ1v) is 7.82. The molecule has 0 aliphatic rings. The van der Waals surface area contributed by atoms with Crippen molar-refractivity contribution in [1.82, 2.24) is 10.2 Å². The lowest BCUT2D eigenvalue weighted by molar-refractivity contribution is -0.113. The van der Waals surface area contributed by atoms with E-state index in [9.17, 15) is 9.59 Å². The number of hydrogen-bond acceptors (Lipinski definition) is 6. The summed E-state index contributed by atoms with van der Waals surface area (Å²) in [6, 6.07) is 4.59. The molecule has 0 saturated heterocycles. The van der Waals surface area contributed by atoms with Crippen molar-refractivity contribution in [1.29, 1.82) is 0 Å². The summed E-state index contributed by atoms with van der Waals surface area (Å²) in [6.07, 6.45) is 0. The van der Waals surface area contributed by atoms with Crippen LogP contribution >= 0.6 is 23.1 Å². The SMILES string of the molecule is Cc1nnc(SCC(=O)Nc2ccc(C(=O)O)cc2C)s1. The van der Waals surface area contributed by atoms with Crippen molar-refractivity contribution < 1.29 is 14.7 Å². The van der Waals surface area contributed by atoms with Crippen molar-refractivity contribution in [2.45, 2.75) is 18.2 Å². The van der Waals surface area contributed by atoms with E-state index in [1.54, 1.807) is 13.0 Å². The molecule has 0 unspecified atom stereocenters. The minimum atomic E-state index is -0.988. The van der Waals surface area contributed by atoms with Gasteiger partial charge in [0, 0.05) is 5.69 Å². The largest absolute Gasteiger partial charge is 0.478 e. The van der Waals surface area contributed by atoms with Crippen LogP contribution in [0.5, 0.6) is 0 Å². The van der Waals surface area contributed by atoms with Gasteiger partial charge >= 0.3 is 5.97 Å². The Bertz CT molecular complexity index is 685. The summed E-state index contributed by atoms with van der Waals surface area (Å²) in [5.41, 5.74) is 1.52. The zero-order chi connectivity index (χ0) is 15.4. The third-order valence-electron chi connectivity index (χ3n) is 2.58. The molecule has 2 N–H and O–H groups in total. The Morgan fingerprint density at radius 1 is 1.33 bits per heavy atom. The molecule has 6 nitrogen and oxygen atoms in total. The number of carbonyl (C=O) groups is 2. The first-order valence-electron chi connectivity index (χ1n) is 6.02. The van der Waals surface area contributed by atoms with Gasteiger partial charge in [-0.2, -0.15) is 0 Å². The molecule has 0 aliphatic carbocycles. The zero-order valence-corrected chi connectivity index (χ0v) is 13.0. The average Bonchev–Trinajstić information content (AvgIpc) is 2.84. The lowest BCUT2D eigenvalue weighted by Crippen LogP contribution is -2.15. The van der Waals surface area contributed by atoms with Crippen LogP contribution < -0.4 is 5.32 Å². The smallest absolute Gasteiger partial charge is 0.335 e. The fourth-order valence-electron chi connectivity index (χ4n) is 1.59. The number of rotatable bonds is 5. The lowest BCUT2D eigenvalue weighted by Gasteiger charge is -2.08. The predicted octanol–water partition coefficient (Wildman–Crippen LogP) is 2.58. The highest BCUT2D eigenvalue weighted by Crippen LogP contribution is 2.22. The maximum absolute atomic E-state index is 11.9. The Kier molecular flexibility index (Phi) is 4.92. The summed E-state index contributed by atoms with van der Waals surface area (Å²) in [4.78, 5) is 22.7. The van der Waals surface area contributed by atoms with Crippen LogP contribution in [0.15, 0.2) is 22.5 Å². The second kappa shape index (κ2) is 6.68. The van der Waals surface area contributed by atoms with Gasteiger partial charge < -0.3 is 10.4 Å². The molecule has 0 bridgehead atoms. The first kappa shape index (κ1) is 15.5. The van der Waals surface area contributed by atoms with Gasteiger partial charge in [0.15, 0.2) is 4.34 Å². The summed E-state index contributed by atoms with van der Waals surface area (Å²) >= 11 is 2.76. The molecule has 1 heterocycles. The van der Waals surface area contributed by atoms with E-state index in [1.165, 1.54) is 35.2 Å². The highest BCUT2D eigenvalue weighted by molar-refractivity contribution is 8.01. The van der Waals surface area contributed by atoms with Gasteiger partial charge in [-0.1, -0.05) is 23.1 Å². The number of aryl methyl sites for hydroxylation is 2. The molecule has 0 spiro atoms. The number of aromatic carboxylic acids is 1. The summed E-state index contributed by atoms with van der Waals surface area (Å²) in [7, 11) is 0. The Balaban J connectivity index is 1.94. The number of carboxylic acid groups (broad SMARTS) is 1. The monoisotopic (exact) mass is 323 g/mol. The van der Waals surface area contributed by atoms with E-state index < -0.39 is 5.97 Å². The van der Waals surface area contributed by atoms with Crippen molar-refractivity contribution in [3.8, 4) is 0 Å².